The van der Waals surface area contributed by atoms with E-state index in [2.05, 4.69) is 83.4 Å². The van der Waals surface area contributed by atoms with Gasteiger partial charge in [0.1, 0.15) is 84.3 Å². The van der Waals surface area contributed by atoms with E-state index >= 15 is 0 Å². The molecule has 12 heteroatoms. The van der Waals surface area contributed by atoms with Gasteiger partial charge in [-0.15, -0.1) is 32.8 Å². The molecule has 0 aliphatic carbocycles. The van der Waals surface area contributed by atoms with Crippen LogP contribution in [0.25, 0.3) is 94.2 Å². The average molecular weight is 773 g/mol. The van der Waals surface area contributed by atoms with Gasteiger partial charge in [-0.25, -0.2) is 4.98 Å². The summed E-state index contributed by atoms with van der Waals surface area (Å²) < 4.78 is 2.22. The molecule has 10 rings (SSSR count). The summed E-state index contributed by atoms with van der Waals surface area (Å²) in [6.07, 6.45) is 0. The van der Waals surface area contributed by atoms with Crippen LogP contribution in [0.3, 0.4) is 0 Å². The third kappa shape index (κ3) is 6.52. The fourth-order valence-electron chi connectivity index (χ4n) is 9.00. The molecule has 0 fully saturated rings. The first-order valence-electron chi connectivity index (χ1n) is 20.2. The predicted molar refractivity (Wildman–Crippen MR) is 277 cm³/mol. The van der Waals surface area contributed by atoms with Gasteiger partial charge in [0, 0.05) is 11.3 Å². The number of rotatable bonds is 6. The second kappa shape index (κ2) is 15.8. The van der Waals surface area contributed by atoms with E-state index in [1.54, 1.807) is 0 Å². The quantitative estimate of drug-likeness (QED) is 0.186. The molecule has 268 valence electrons. The van der Waals surface area contributed by atoms with Gasteiger partial charge in [-0.1, -0.05) is 125 Å². The topological polar surface area (TPSA) is 17.8 Å². The molecule has 0 bridgehead atoms. The number of imidazole rings is 1. The van der Waals surface area contributed by atoms with E-state index in [-0.39, 0.29) is 54.6 Å². The molecule has 0 saturated heterocycles. The fourth-order valence-corrected chi connectivity index (χ4v) is 9.00. The monoisotopic (exact) mass is 774 g/mol. The minimum atomic E-state index is 0.104. The number of nitrogens with zero attached hydrogens (tertiary/aromatic N) is 2. The molecule has 10 aromatic rings. The van der Waals surface area contributed by atoms with Crippen molar-refractivity contribution in [3.63, 3.8) is 0 Å². The van der Waals surface area contributed by atoms with E-state index in [1.165, 1.54) is 0 Å². The van der Waals surface area contributed by atoms with Crippen molar-refractivity contribution in [1.29, 1.82) is 0 Å². The van der Waals surface area contributed by atoms with E-state index in [9.17, 15) is 0 Å². The number of fused-ring (bicyclic) bond motifs is 3. The van der Waals surface area contributed by atoms with Gasteiger partial charge in [-0.05, 0) is 109 Å². The van der Waals surface area contributed by atoms with Crippen LogP contribution >= 0.6 is 0 Å². The molecule has 0 N–H and O–H groups in total. The molecule has 20 radical (unpaired) electrons. The highest BCUT2D eigenvalue weighted by molar-refractivity contribution is 6.70. The first kappa shape index (κ1) is 40.7. The molecule has 0 aliphatic heterocycles. The molecular weight excluding hydrogens is 749 g/mol. The maximum Gasteiger partial charge on any atom is 0.145 e. The number of benzene rings is 9. The molecule has 0 aliphatic rings. The van der Waals surface area contributed by atoms with Crippen LogP contribution in [0.1, 0.15) is 0 Å². The maximum absolute atomic E-state index is 6.72. The molecule has 0 amide bonds. The Kier molecular flexibility index (Phi) is 10.2. The third-order valence-electron chi connectivity index (χ3n) is 12.1. The van der Waals surface area contributed by atoms with Crippen molar-refractivity contribution in [2.75, 3.05) is 0 Å². The second-order valence-corrected chi connectivity index (χ2v) is 15.7. The van der Waals surface area contributed by atoms with Crippen LogP contribution in [-0.2, 0) is 0 Å². The van der Waals surface area contributed by atoms with Gasteiger partial charge in [0.2, 0.25) is 0 Å². The number of aromatic nitrogens is 2. The molecule has 1 heterocycles. The Morgan fingerprint density at radius 3 is 1.17 bits per heavy atom. The van der Waals surface area contributed by atoms with Gasteiger partial charge in [0.05, 0.1) is 11.0 Å². The molecule has 0 spiro atoms. The van der Waals surface area contributed by atoms with Crippen LogP contribution in [0.15, 0.2) is 146 Å². The van der Waals surface area contributed by atoms with Gasteiger partial charge in [-0.2, -0.15) is 0 Å². The smallest absolute Gasteiger partial charge is 0.145 e. The SMILES string of the molecule is [B]c1c([B])c([B])c(-c2cc(-c3c([B])c([B])c([B])c([B])c3[B])cc(-c3c4ccccc4c(-c4cccc(-n5c(-c6ccccc6)nc6ccccc65)c4)c4ccccc34)c2)c([B])c1[B]. The summed E-state index contributed by atoms with van der Waals surface area (Å²) in [5.74, 6) is 0.853. The lowest BCUT2D eigenvalue weighted by Crippen LogP contribution is -2.55. The van der Waals surface area contributed by atoms with E-state index < -0.39 is 0 Å². The summed E-state index contributed by atoms with van der Waals surface area (Å²) in [6, 6.07) is 49.6. The maximum atomic E-state index is 6.72. The van der Waals surface area contributed by atoms with Gasteiger partial charge >= 0.3 is 0 Å². The van der Waals surface area contributed by atoms with E-state index in [0.29, 0.717) is 22.3 Å². The summed E-state index contributed by atoms with van der Waals surface area (Å²) in [5.41, 5.74) is 11.0. The van der Waals surface area contributed by atoms with Gasteiger partial charge in [-0.3, -0.25) is 4.57 Å². The first-order valence-corrected chi connectivity index (χ1v) is 20.2. The Bertz CT molecular complexity index is 3320. The van der Waals surface area contributed by atoms with E-state index in [1.807, 2.05) is 66.7 Å². The van der Waals surface area contributed by atoms with Crippen LogP contribution in [0.5, 0.6) is 0 Å². The minimum absolute atomic E-state index is 0.104. The van der Waals surface area contributed by atoms with Crippen molar-refractivity contribution < 1.29 is 0 Å². The lowest BCUT2D eigenvalue weighted by Gasteiger charge is -2.25. The molecule has 2 nitrogen and oxygen atoms in total. The highest BCUT2D eigenvalue weighted by Gasteiger charge is 2.22. The zero-order valence-electron chi connectivity index (χ0n) is 34.0. The Morgan fingerprint density at radius 1 is 0.302 bits per heavy atom. The molecule has 1 aromatic heterocycles. The van der Waals surface area contributed by atoms with Crippen molar-refractivity contribution in [3.05, 3.63) is 146 Å². The van der Waals surface area contributed by atoms with Gasteiger partial charge in [0.15, 0.2) is 0 Å². The van der Waals surface area contributed by atoms with Crippen LogP contribution < -0.4 is 54.6 Å². The third-order valence-corrected chi connectivity index (χ3v) is 12.1. The zero-order valence-corrected chi connectivity index (χ0v) is 34.0. The van der Waals surface area contributed by atoms with E-state index in [0.717, 1.165) is 71.9 Å². The lowest BCUT2D eigenvalue weighted by atomic mass is 9.59. The highest BCUT2D eigenvalue weighted by atomic mass is 15.1. The van der Waals surface area contributed by atoms with Crippen LogP contribution in [0.4, 0.5) is 0 Å². The summed E-state index contributed by atoms with van der Waals surface area (Å²) in [4.78, 5) is 5.11. The molecular formula is C51H24B10N2. The Labute approximate surface area is 380 Å². The summed E-state index contributed by atoms with van der Waals surface area (Å²) in [7, 11) is 65.2. The summed E-state index contributed by atoms with van der Waals surface area (Å²) in [5, 5.41) is 4.00. The molecule has 63 heavy (non-hydrogen) atoms. The second-order valence-electron chi connectivity index (χ2n) is 15.7. The average Bonchev–Trinajstić information content (AvgIpc) is 3.71. The fraction of sp³-hybridized carbons (Fsp3) is 0. The van der Waals surface area contributed by atoms with E-state index in [4.69, 9.17) is 83.4 Å². The lowest BCUT2D eigenvalue weighted by molar-refractivity contribution is 1.10. The van der Waals surface area contributed by atoms with Crippen molar-refractivity contribution in [2.45, 2.75) is 0 Å². The van der Waals surface area contributed by atoms with Crippen molar-refractivity contribution >= 4 is 166 Å². The number of hydrogen-bond acceptors (Lipinski definition) is 1. The highest BCUT2D eigenvalue weighted by Crippen LogP contribution is 2.45. The van der Waals surface area contributed by atoms with Crippen molar-refractivity contribution in [3.8, 4) is 61.6 Å². The minimum Gasteiger partial charge on any atom is -0.292 e. The Morgan fingerprint density at radius 2 is 0.683 bits per heavy atom. The normalized spacial score (nSPS) is 11.5. The van der Waals surface area contributed by atoms with Crippen molar-refractivity contribution in [2.24, 2.45) is 0 Å². The number of hydrogen-bond donors (Lipinski definition) is 0. The zero-order chi connectivity index (χ0) is 43.8. The number of para-hydroxylation sites is 2. The molecule has 0 unspecified atom stereocenters. The molecule has 0 atom stereocenters. The Hall–Kier alpha value is -6.38. The first-order chi connectivity index (χ1) is 30.4. The summed E-state index contributed by atoms with van der Waals surface area (Å²) >= 11 is 0. The standard InChI is InChI=1S/C51H24B10N2/c52-41-39(42(53)46(57)49(60)45(41)56)28-21-27(22-29(23-28)40-43(54)47(58)50(61)48(59)44(40)55)38-33-17-6-4-15-31(33)37(32-16-5-7-18-34(32)38)26-13-10-14-30(24-26)63-36-20-9-8-19-35(36)62-51(63)25-11-2-1-3-12-25/h1-24H. The molecule has 9 aromatic carbocycles. The predicted octanol–water partition coefficient (Wildman–Crippen LogP) is 1.60. The molecule has 0 saturated carbocycles. The van der Waals surface area contributed by atoms with Gasteiger partial charge in [0.25, 0.3) is 0 Å². The largest absolute Gasteiger partial charge is 0.292 e. The van der Waals surface area contributed by atoms with Crippen LogP contribution in [0, 0.1) is 0 Å². The Balaban J connectivity index is 1.27. The summed E-state index contributed by atoms with van der Waals surface area (Å²) in [6.45, 7) is 0. The van der Waals surface area contributed by atoms with Crippen molar-refractivity contribution in [1.82, 2.24) is 9.55 Å². The van der Waals surface area contributed by atoms with Crippen LogP contribution in [0.2, 0.25) is 0 Å². The van der Waals surface area contributed by atoms with Gasteiger partial charge < -0.3 is 0 Å². The van der Waals surface area contributed by atoms with Crippen LogP contribution in [-0.4, -0.2) is 88.0 Å².